The molecule has 0 aliphatic heterocycles. The fraction of sp³-hybridized carbons (Fsp3) is 0.312. The maximum absolute atomic E-state index is 9.50. The van der Waals surface area contributed by atoms with Crippen LogP contribution in [0.2, 0.25) is 0 Å². The van der Waals surface area contributed by atoms with Crippen LogP contribution < -0.4 is 16.9 Å². The van der Waals surface area contributed by atoms with Crippen molar-refractivity contribution in [2.45, 2.75) is 13.8 Å². The van der Waals surface area contributed by atoms with Gasteiger partial charge in [-0.15, -0.1) is 5.10 Å². The predicted molar refractivity (Wildman–Crippen MR) is 101 cm³/mol. The SMILES string of the molecule is CC(C)C=O.CNc1nc(-c2ccccc2)c(/C(N)=N/N(C)N)s1. The molecule has 0 amide bonds. The summed E-state index contributed by atoms with van der Waals surface area (Å²) in [5.41, 5.74) is 7.77. The maximum atomic E-state index is 9.50. The third kappa shape index (κ3) is 5.98. The summed E-state index contributed by atoms with van der Waals surface area (Å²) in [5, 5.41) is 9.01. The van der Waals surface area contributed by atoms with Crippen molar-refractivity contribution < 1.29 is 4.79 Å². The highest BCUT2D eigenvalue weighted by atomic mass is 32.1. The van der Waals surface area contributed by atoms with E-state index in [1.54, 1.807) is 7.05 Å². The number of hydrazine groups is 1. The smallest absolute Gasteiger partial charge is 0.183 e. The number of hydrazone groups is 1. The number of thiazole rings is 1. The van der Waals surface area contributed by atoms with Crippen LogP contribution in [0.5, 0.6) is 0 Å². The lowest BCUT2D eigenvalue weighted by atomic mass is 10.1. The number of nitrogens with one attached hydrogen (secondary N) is 1. The van der Waals surface area contributed by atoms with Crippen molar-refractivity contribution >= 4 is 28.6 Å². The summed E-state index contributed by atoms with van der Waals surface area (Å²) in [6.45, 7) is 3.71. The number of benzene rings is 1. The lowest BCUT2D eigenvalue weighted by Crippen LogP contribution is -2.25. The van der Waals surface area contributed by atoms with Crippen molar-refractivity contribution in [1.29, 1.82) is 0 Å². The highest BCUT2D eigenvalue weighted by Gasteiger charge is 2.15. The Morgan fingerprint density at radius 2 is 1.96 bits per heavy atom. The highest BCUT2D eigenvalue weighted by Crippen LogP contribution is 2.30. The number of carbonyl (C=O) groups is 1. The van der Waals surface area contributed by atoms with Crippen LogP contribution >= 0.6 is 11.3 Å². The number of nitrogens with two attached hydrogens (primary N) is 2. The topological polar surface area (TPSA) is 110 Å². The van der Waals surface area contributed by atoms with Crippen LogP contribution in [0.3, 0.4) is 0 Å². The van der Waals surface area contributed by atoms with Gasteiger partial charge in [0.25, 0.3) is 0 Å². The first-order chi connectivity index (χ1) is 11.4. The molecule has 0 atom stereocenters. The maximum Gasteiger partial charge on any atom is 0.183 e. The average Bonchev–Trinajstić information content (AvgIpc) is 3.00. The summed E-state index contributed by atoms with van der Waals surface area (Å²) < 4.78 is 0. The number of amidine groups is 1. The van der Waals surface area contributed by atoms with Gasteiger partial charge in [0.1, 0.15) is 11.2 Å². The van der Waals surface area contributed by atoms with E-state index < -0.39 is 0 Å². The fourth-order valence-electron chi connectivity index (χ4n) is 1.61. The summed E-state index contributed by atoms with van der Waals surface area (Å²) in [7, 11) is 3.44. The lowest BCUT2D eigenvalue weighted by Gasteiger charge is -2.06. The largest absolute Gasteiger partial charge is 0.381 e. The summed E-state index contributed by atoms with van der Waals surface area (Å²) in [6, 6.07) is 9.84. The van der Waals surface area contributed by atoms with Crippen molar-refractivity contribution in [3.8, 4) is 11.3 Å². The Labute approximate surface area is 146 Å². The zero-order valence-electron chi connectivity index (χ0n) is 14.4. The number of aromatic nitrogens is 1. The molecule has 0 radical (unpaired) electrons. The first kappa shape index (κ1) is 19.6. The van der Waals surface area contributed by atoms with Crippen molar-refractivity contribution in [3.63, 3.8) is 0 Å². The normalized spacial score (nSPS) is 10.8. The number of hydrogen-bond acceptors (Lipinski definition) is 7. The number of rotatable bonds is 5. The molecule has 24 heavy (non-hydrogen) atoms. The molecule has 130 valence electrons. The van der Waals surface area contributed by atoms with E-state index in [-0.39, 0.29) is 5.92 Å². The van der Waals surface area contributed by atoms with Gasteiger partial charge in [0.15, 0.2) is 11.0 Å². The van der Waals surface area contributed by atoms with E-state index in [1.807, 2.05) is 51.2 Å². The van der Waals surface area contributed by atoms with Crippen LogP contribution in [0.25, 0.3) is 11.3 Å². The van der Waals surface area contributed by atoms with E-state index >= 15 is 0 Å². The quantitative estimate of drug-likeness (QED) is 0.251. The molecule has 2 aromatic rings. The van der Waals surface area contributed by atoms with Crippen molar-refractivity contribution in [1.82, 2.24) is 10.1 Å². The predicted octanol–water partition coefficient (Wildman–Crippen LogP) is 2.12. The second-order valence-electron chi connectivity index (χ2n) is 5.25. The number of anilines is 1. The van der Waals surface area contributed by atoms with Gasteiger partial charge in [-0.05, 0) is 0 Å². The Morgan fingerprint density at radius 1 is 1.38 bits per heavy atom. The molecule has 0 unspecified atom stereocenters. The Hall–Kier alpha value is -2.45. The molecule has 8 heteroatoms. The van der Waals surface area contributed by atoms with Crippen molar-refractivity contribution in [2.24, 2.45) is 22.6 Å². The minimum atomic E-state index is 0.204. The summed E-state index contributed by atoms with van der Waals surface area (Å²) in [4.78, 5) is 14.8. The molecule has 0 saturated heterocycles. The monoisotopic (exact) mass is 348 g/mol. The minimum absolute atomic E-state index is 0.204. The number of carbonyl (C=O) groups excluding carboxylic acids is 1. The molecule has 0 aliphatic rings. The Bertz CT molecular complexity index is 666. The Balaban J connectivity index is 0.000000505. The molecule has 5 N–H and O–H groups in total. The zero-order chi connectivity index (χ0) is 18.1. The number of aldehydes is 1. The van der Waals surface area contributed by atoms with Crippen LogP contribution in [0, 0.1) is 5.92 Å². The van der Waals surface area contributed by atoms with Crippen molar-refractivity contribution in [2.75, 3.05) is 19.4 Å². The Morgan fingerprint density at radius 3 is 2.42 bits per heavy atom. The molecule has 0 fully saturated rings. The fourth-order valence-corrected chi connectivity index (χ4v) is 2.45. The van der Waals surface area contributed by atoms with Gasteiger partial charge in [0.05, 0.1) is 5.69 Å². The molecular weight excluding hydrogens is 324 g/mol. The second kappa shape index (κ2) is 9.64. The second-order valence-corrected chi connectivity index (χ2v) is 6.25. The molecule has 0 saturated carbocycles. The molecular formula is C16H24N6OS. The van der Waals surface area contributed by atoms with Gasteiger partial charge in [-0.3, -0.25) is 0 Å². The standard InChI is InChI=1S/C12H16N6S.C4H8O/c1-15-12-16-9(8-6-4-3-5-7-8)10(19-12)11(13)17-18(2)14;1-4(2)3-5/h3-7H,14H2,1-2H3,(H2,13,17)(H,15,16);3-4H,1-2H3. The van der Waals surface area contributed by atoms with Gasteiger partial charge in [-0.2, -0.15) is 0 Å². The lowest BCUT2D eigenvalue weighted by molar-refractivity contribution is -0.110. The van der Waals surface area contributed by atoms with Gasteiger partial charge in [0.2, 0.25) is 0 Å². The van der Waals surface area contributed by atoms with Crippen LogP contribution in [-0.4, -0.2) is 36.3 Å². The van der Waals surface area contributed by atoms with Crippen LogP contribution in [0.4, 0.5) is 5.13 Å². The van der Waals surface area contributed by atoms with E-state index in [4.69, 9.17) is 11.6 Å². The Kier molecular flexibility index (Phi) is 7.87. The first-order valence-electron chi connectivity index (χ1n) is 7.41. The van der Waals surface area contributed by atoms with E-state index in [2.05, 4.69) is 15.4 Å². The van der Waals surface area contributed by atoms with Gasteiger partial charge in [-0.1, -0.05) is 55.5 Å². The number of hydrogen-bond donors (Lipinski definition) is 3. The van der Waals surface area contributed by atoms with E-state index in [0.29, 0.717) is 5.84 Å². The van der Waals surface area contributed by atoms with Crippen LogP contribution in [0.15, 0.2) is 35.4 Å². The van der Waals surface area contributed by atoms with E-state index in [0.717, 1.165) is 27.6 Å². The van der Waals surface area contributed by atoms with Crippen molar-refractivity contribution in [3.05, 3.63) is 35.2 Å². The van der Waals surface area contributed by atoms with Gasteiger partial charge in [-0.25, -0.2) is 15.9 Å². The van der Waals surface area contributed by atoms with Gasteiger partial charge in [0, 0.05) is 25.6 Å². The summed E-state index contributed by atoms with van der Waals surface area (Å²) in [6.07, 6.45) is 0.917. The molecule has 0 spiro atoms. The van der Waals surface area contributed by atoms with E-state index in [1.165, 1.54) is 16.5 Å². The first-order valence-corrected chi connectivity index (χ1v) is 8.22. The molecule has 0 bridgehead atoms. The molecule has 2 rings (SSSR count). The third-order valence-electron chi connectivity index (χ3n) is 2.66. The van der Waals surface area contributed by atoms with Gasteiger partial charge < -0.3 is 15.8 Å². The number of nitrogens with zero attached hydrogens (tertiary/aromatic N) is 3. The molecule has 1 aromatic heterocycles. The summed E-state index contributed by atoms with van der Waals surface area (Å²) >= 11 is 1.44. The molecule has 7 nitrogen and oxygen atoms in total. The average molecular weight is 348 g/mol. The molecule has 1 heterocycles. The molecule has 1 aromatic carbocycles. The van der Waals surface area contributed by atoms with Crippen LogP contribution in [-0.2, 0) is 4.79 Å². The zero-order valence-corrected chi connectivity index (χ0v) is 15.2. The molecule has 0 aliphatic carbocycles. The van der Waals surface area contributed by atoms with Gasteiger partial charge >= 0.3 is 0 Å². The van der Waals surface area contributed by atoms with E-state index in [9.17, 15) is 4.79 Å². The summed E-state index contributed by atoms with van der Waals surface area (Å²) in [5.74, 6) is 6.05. The highest BCUT2D eigenvalue weighted by molar-refractivity contribution is 7.18. The van der Waals surface area contributed by atoms with Crippen LogP contribution in [0.1, 0.15) is 18.7 Å². The minimum Gasteiger partial charge on any atom is -0.381 e. The third-order valence-corrected chi connectivity index (χ3v) is 3.75.